The second-order valence-electron chi connectivity index (χ2n) is 9.29. The van der Waals surface area contributed by atoms with E-state index in [0.29, 0.717) is 25.8 Å². The van der Waals surface area contributed by atoms with E-state index in [4.69, 9.17) is 4.74 Å². The minimum Gasteiger partial charge on any atom is -0.481 e. The summed E-state index contributed by atoms with van der Waals surface area (Å²) in [5.41, 5.74) is 4.67. The standard InChI is InChI=1S/C27H32N2O5/c1-17(25(30)29-24-13-7-6-12-22(24)26(31)32)14-15-28-27(33)34-16-23-20-10-4-2-8-18(20)19-9-3-5-11-21(19)23/h2-5,8-11,17,22-24H,6-7,12-16H2,1H3,(H,28,33)(H,29,30)(H,31,32)/t17?,22-,24+/m1/s1. The van der Waals surface area contributed by atoms with Crippen molar-refractivity contribution in [2.24, 2.45) is 11.8 Å². The van der Waals surface area contributed by atoms with Crippen molar-refractivity contribution >= 4 is 18.0 Å². The summed E-state index contributed by atoms with van der Waals surface area (Å²) < 4.78 is 5.53. The number of nitrogens with one attached hydrogen (secondary N) is 2. The fraction of sp³-hybridized carbons (Fsp3) is 0.444. The first-order valence-electron chi connectivity index (χ1n) is 12.1. The van der Waals surface area contributed by atoms with E-state index in [9.17, 15) is 19.5 Å². The van der Waals surface area contributed by atoms with Crippen LogP contribution in [-0.2, 0) is 14.3 Å². The molecule has 1 unspecified atom stereocenters. The Kier molecular flexibility index (Phi) is 7.50. The molecule has 2 aromatic rings. The third-order valence-corrected chi connectivity index (χ3v) is 7.05. The first-order valence-corrected chi connectivity index (χ1v) is 12.1. The lowest BCUT2D eigenvalue weighted by Gasteiger charge is -2.30. The lowest BCUT2D eigenvalue weighted by atomic mass is 9.84. The molecule has 0 aliphatic heterocycles. The van der Waals surface area contributed by atoms with Gasteiger partial charge in [-0.2, -0.15) is 0 Å². The number of amides is 2. The quantitative estimate of drug-likeness (QED) is 0.540. The second-order valence-corrected chi connectivity index (χ2v) is 9.29. The van der Waals surface area contributed by atoms with Gasteiger partial charge in [0.1, 0.15) is 6.61 Å². The van der Waals surface area contributed by atoms with Crippen LogP contribution in [0.25, 0.3) is 11.1 Å². The maximum absolute atomic E-state index is 12.5. The molecule has 7 nitrogen and oxygen atoms in total. The topological polar surface area (TPSA) is 105 Å². The molecule has 0 heterocycles. The molecular formula is C27H32N2O5. The predicted octanol–water partition coefficient (Wildman–Crippen LogP) is 4.31. The molecular weight excluding hydrogens is 432 g/mol. The highest BCUT2D eigenvalue weighted by Gasteiger charge is 2.33. The van der Waals surface area contributed by atoms with Gasteiger partial charge in [-0.15, -0.1) is 0 Å². The van der Waals surface area contributed by atoms with Crippen molar-refractivity contribution in [3.63, 3.8) is 0 Å². The van der Waals surface area contributed by atoms with Crippen molar-refractivity contribution < 1.29 is 24.2 Å². The number of aliphatic carboxylic acids is 1. The average molecular weight is 465 g/mol. The molecule has 3 N–H and O–H groups in total. The summed E-state index contributed by atoms with van der Waals surface area (Å²) in [6, 6.07) is 16.0. The Balaban J connectivity index is 1.23. The number of alkyl carbamates (subject to hydrolysis) is 1. The molecule has 3 atom stereocenters. The summed E-state index contributed by atoms with van der Waals surface area (Å²) in [4.78, 5) is 36.3. The Labute approximate surface area is 199 Å². The van der Waals surface area contributed by atoms with Gasteiger partial charge in [-0.25, -0.2) is 4.79 Å². The van der Waals surface area contributed by atoms with E-state index in [2.05, 4.69) is 34.9 Å². The summed E-state index contributed by atoms with van der Waals surface area (Å²) in [5.74, 6) is -1.89. The van der Waals surface area contributed by atoms with Gasteiger partial charge in [0.15, 0.2) is 0 Å². The molecule has 4 rings (SSSR count). The van der Waals surface area contributed by atoms with E-state index >= 15 is 0 Å². The number of hydrogen-bond acceptors (Lipinski definition) is 4. The molecule has 0 saturated heterocycles. The summed E-state index contributed by atoms with van der Waals surface area (Å²) in [7, 11) is 0. The Bertz CT molecular complexity index is 1010. The molecule has 2 aliphatic rings. The molecule has 7 heteroatoms. The first-order chi connectivity index (χ1) is 16.5. The number of fused-ring (bicyclic) bond motifs is 3. The molecule has 0 aromatic heterocycles. The summed E-state index contributed by atoms with van der Waals surface area (Å²) in [5, 5.41) is 15.0. The van der Waals surface area contributed by atoms with Crippen LogP contribution in [0.3, 0.4) is 0 Å². The van der Waals surface area contributed by atoms with Crippen molar-refractivity contribution in [1.82, 2.24) is 10.6 Å². The van der Waals surface area contributed by atoms with E-state index in [-0.39, 0.29) is 30.4 Å². The first kappa shape index (κ1) is 23.8. The average Bonchev–Trinajstić information content (AvgIpc) is 3.16. The van der Waals surface area contributed by atoms with Gasteiger partial charge in [-0.05, 0) is 41.5 Å². The zero-order valence-electron chi connectivity index (χ0n) is 19.5. The van der Waals surface area contributed by atoms with E-state index in [1.54, 1.807) is 6.92 Å². The summed E-state index contributed by atoms with van der Waals surface area (Å²) >= 11 is 0. The third kappa shape index (κ3) is 5.24. The smallest absolute Gasteiger partial charge is 0.407 e. The number of hydrogen-bond donors (Lipinski definition) is 3. The molecule has 180 valence electrons. The third-order valence-electron chi connectivity index (χ3n) is 7.05. The fourth-order valence-electron chi connectivity index (χ4n) is 5.10. The minimum absolute atomic E-state index is 0.000487. The fourth-order valence-corrected chi connectivity index (χ4v) is 5.10. The van der Waals surface area contributed by atoms with Gasteiger partial charge in [0.05, 0.1) is 5.92 Å². The van der Waals surface area contributed by atoms with Crippen LogP contribution in [-0.4, -0.2) is 42.3 Å². The zero-order valence-corrected chi connectivity index (χ0v) is 19.5. The number of carboxylic acids is 1. The van der Waals surface area contributed by atoms with Crippen LogP contribution in [0.4, 0.5) is 4.79 Å². The van der Waals surface area contributed by atoms with Crippen LogP contribution < -0.4 is 10.6 Å². The number of carboxylic acid groups (broad SMARTS) is 1. The predicted molar refractivity (Wildman–Crippen MR) is 128 cm³/mol. The van der Waals surface area contributed by atoms with Crippen LogP contribution in [0.1, 0.15) is 56.1 Å². The molecule has 0 radical (unpaired) electrons. The van der Waals surface area contributed by atoms with Crippen LogP contribution in [0.2, 0.25) is 0 Å². The normalized spacial score (nSPS) is 20.0. The SMILES string of the molecule is CC(CCNC(=O)OCC1c2ccccc2-c2ccccc21)C(=O)N[C@H]1CCCC[C@H]1C(=O)O. The number of carbonyl (C=O) groups excluding carboxylic acids is 2. The largest absolute Gasteiger partial charge is 0.481 e. The maximum Gasteiger partial charge on any atom is 0.407 e. The summed E-state index contributed by atoms with van der Waals surface area (Å²) in [6.45, 7) is 2.33. The summed E-state index contributed by atoms with van der Waals surface area (Å²) in [6.07, 6.45) is 3.02. The van der Waals surface area contributed by atoms with Crippen LogP contribution in [0, 0.1) is 11.8 Å². The monoisotopic (exact) mass is 464 g/mol. The molecule has 1 fully saturated rings. The minimum atomic E-state index is -0.852. The maximum atomic E-state index is 12.5. The molecule has 34 heavy (non-hydrogen) atoms. The Hall–Kier alpha value is -3.35. The number of benzene rings is 2. The van der Waals surface area contributed by atoms with Crippen molar-refractivity contribution in [3.05, 3.63) is 59.7 Å². The van der Waals surface area contributed by atoms with Gasteiger partial charge in [0.2, 0.25) is 5.91 Å². The molecule has 1 saturated carbocycles. The molecule has 2 amide bonds. The lowest BCUT2D eigenvalue weighted by molar-refractivity contribution is -0.144. The highest BCUT2D eigenvalue weighted by atomic mass is 16.5. The van der Waals surface area contributed by atoms with Crippen molar-refractivity contribution in [1.29, 1.82) is 0 Å². The van der Waals surface area contributed by atoms with Crippen molar-refractivity contribution in [3.8, 4) is 11.1 Å². The highest BCUT2D eigenvalue weighted by molar-refractivity contribution is 5.80. The Morgan fingerprint density at radius 3 is 2.26 bits per heavy atom. The van der Waals surface area contributed by atoms with Gasteiger partial charge in [-0.1, -0.05) is 68.3 Å². The van der Waals surface area contributed by atoms with Gasteiger partial charge in [0, 0.05) is 24.4 Å². The van der Waals surface area contributed by atoms with Crippen molar-refractivity contribution in [2.45, 2.75) is 51.0 Å². The van der Waals surface area contributed by atoms with Crippen LogP contribution in [0.15, 0.2) is 48.5 Å². The molecule has 0 bridgehead atoms. The van der Waals surface area contributed by atoms with E-state index in [0.717, 1.165) is 24.0 Å². The number of ether oxygens (including phenoxy) is 1. The van der Waals surface area contributed by atoms with E-state index in [1.165, 1.54) is 11.1 Å². The van der Waals surface area contributed by atoms with Crippen molar-refractivity contribution in [2.75, 3.05) is 13.2 Å². The molecule has 2 aliphatic carbocycles. The van der Waals surface area contributed by atoms with E-state index in [1.807, 2.05) is 24.3 Å². The van der Waals surface area contributed by atoms with Gasteiger partial charge in [-0.3, -0.25) is 9.59 Å². The Morgan fingerprint density at radius 1 is 1.00 bits per heavy atom. The van der Waals surface area contributed by atoms with Gasteiger partial charge < -0.3 is 20.5 Å². The highest BCUT2D eigenvalue weighted by Crippen LogP contribution is 2.44. The van der Waals surface area contributed by atoms with Gasteiger partial charge in [0.25, 0.3) is 0 Å². The van der Waals surface area contributed by atoms with Crippen LogP contribution in [0.5, 0.6) is 0 Å². The molecule has 2 aromatic carbocycles. The van der Waals surface area contributed by atoms with Crippen LogP contribution >= 0.6 is 0 Å². The Morgan fingerprint density at radius 2 is 1.62 bits per heavy atom. The van der Waals surface area contributed by atoms with Gasteiger partial charge >= 0.3 is 12.1 Å². The number of rotatable bonds is 8. The second kappa shape index (κ2) is 10.7. The van der Waals surface area contributed by atoms with E-state index < -0.39 is 18.0 Å². The zero-order chi connectivity index (χ0) is 24.1. The lowest BCUT2D eigenvalue weighted by Crippen LogP contribution is -2.47. The number of carbonyl (C=O) groups is 3. The molecule has 0 spiro atoms.